The lowest BCUT2D eigenvalue weighted by Gasteiger charge is -2.09. The van der Waals surface area contributed by atoms with Crippen molar-refractivity contribution in [2.24, 2.45) is 0 Å². The van der Waals surface area contributed by atoms with Gasteiger partial charge in [0.05, 0.1) is 5.75 Å². The lowest BCUT2D eigenvalue weighted by Crippen LogP contribution is -2.15. The number of aromatic nitrogens is 3. The lowest BCUT2D eigenvalue weighted by molar-refractivity contribution is -0.113. The summed E-state index contributed by atoms with van der Waals surface area (Å²) in [5.41, 5.74) is 1.31. The van der Waals surface area contributed by atoms with Crippen LogP contribution in [0.3, 0.4) is 0 Å². The molecule has 1 aromatic carbocycles. The summed E-state index contributed by atoms with van der Waals surface area (Å²) in [4.78, 5) is 24.9. The molecule has 1 fully saturated rings. The van der Waals surface area contributed by atoms with E-state index in [2.05, 4.69) is 31.5 Å². The van der Waals surface area contributed by atoms with Gasteiger partial charge in [-0.1, -0.05) is 17.8 Å². The Hall–Kier alpha value is -2.45. The molecule has 1 saturated carbocycles. The molecule has 1 N–H and O–H groups in total. The molecule has 0 aliphatic heterocycles. The van der Waals surface area contributed by atoms with Crippen LogP contribution in [0.4, 0.5) is 5.69 Å². The fraction of sp³-hybridized carbons (Fsp3) is 0.300. The Balaban J connectivity index is 1.38. The maximum absolute atomic E-state index is 12.3. The van der Waals surface area contributed by atoms with Gasteiger partial charge in [0.25, 0.3) is 0 Å². The van der Waals surface area contributed by atoms with Crippen molar-refractivity contribution in [1.82, 2.24) is 14.8 Å². The van der Waals surface area contributed by atoms with Crippen LogP contribution in [0.15, 0.2) is 46.9 Å². The molecule has 1 aliphatic rings. The Kier molecular flexibility index (Phi) is 5.59. The second-order valence-corrected chi connectivity index (χ2v) is 8.70. The van der Waals surface area contributed by atoms with Crippen LogP contribution in [0.1, 0.15) is 46.9 Å². The molecule has 6 nitrogen and oxygen atoms in total. The van der Waals surface area contributed by atoms with Crippen molar-refractivity contribution >= 4 is 40.5 Å². The Morgan fingerprint density at radius 2 is 2.00 bits per heavy atom. The minimum Gasteiger partial charge on any atom is -0.325 e. The van der Waals surface area contributed by atoms with Crippen molar-refractivity contribution in [2.45, 2.75) is 37.4 Å². The Bertz CT molecular complexity index is 976. The standard InChI is InChI=1S/C20H20N4O2S2/c1-13(25)14-4-6-15(7-5-14)21-19(26)12-28-20-23-22-18(24(20)16-8-9-16)11-17-3-2-10-27-17/h2-7,10,16H,8-9,11-12H2,1H3,(H,21,26). The van der Waals surface area contributed by atoms with Gasteiger partial charge in [-0.25, -0.2) is 0 Å². The number of hydrogen-bond acceptors (Lipinski definition) is 6. The summed E-state index contributed by atoms with van der Waals surface area (Å²) < 4.78 is 2.19. The quantitative estimate of drug-likeness (QED) is 0.443. The van der Waals surface area contributed by atoms with E-state index in [1.807, 2.05) is 6.07 Å². The highest BCUT2D eigenvalue weighted by atomic mass is 32.2. The third-order valence-electron chi connectivity index (χ3n) is 4.47. The van der Waals surface area contributed by atoms with Gasteiger partial charge in [0.2, 0.25) is 5.91 Å². The monoisotopic (exact) mass is 412 g/mol. The number of benzene rings is 1. The van der Waals surface area contributed by atoms with Gasteiger partial charge in [-0.15, -0.1) is 21.5 Å². The summed E-state index contributed by atoms with van der Waals surface area (Å²) in [6, 6.07) is 11.5. The van der Waals surface area contributed by atoms with Gasteiger partial charge in [-0.05, 0) is 55.5 Å². The summed E-state index contributed by atoms with van der Waals surface area (Å²) in [5.74, 6) is 1.13. The fourth-order valence-corrected chi connectivity index (χ4v) is 4.44. The zero-order valence-electron chi connectivity index (χ0n) is 15.4. The first-order valence-electron chi connectivity index (χ1n) is 9.10. The number of nitrogens with one attached hydrogen (secondary N) is 1. The van der Waals surface area contributed by atoms with Crippen molar-refractivity contribution in [2.75, 3.05) is 11.1 Å². The Morgan fingerprint density at radius 1 is 1.21 bits per heavy atom. The predicted molar refractivity (Wildman–Crippen MR) is 111 cm³/mol. The molecule has 0 unspecified atom stereocenters. The summed E-state index contributed by atoms with van der Waals surface area (Å²) >= 11 is 3.13. The van der Waals surface area contributed by atoms with Crippen LogP contribution in [0.5, 0.6) is 0 Å². The van der Waals surface area contributed by atoms with E-state index in [9.17, 15) is 9.59 Å². The molecule has 28 heavy (non-hydrogen) atoms. The van der Waals surface area contributed by atoms with Gasteiger partial charge >= 0.3 is 0 Å². The van der Waals surface area contributed by atoms with E-state index in [1.54, 1.807) is 35.6 Å². The van der Waals surface area contributed by atoms with Gasteiger partial charge in [0, 0.05) is 28.6 Å². The molecule has 1 aliphatic carbocycles. The van der Waals surface area contributed by atoms with E-state index < -0.39 is 0 Å². The first-order valence-corrected chi connectivity index (χ1v) is 11.0. The Labute approximate surface area is 171 Å². The molecular formula is C20H20N4O2S2. The minimum atomic E-state index is -0.106. The first kappa shape index (κ1) is 18.9. The lowest BCUT2D eigenvalue weighted by atomic mass is 10.1. The van der Waals surface area contributed by atoms with Gasteiger partial charge in [0.1, 0.15) is 5.82 Å². The molecule has 0 radical (unpaired) electrons. The topological polar surface area (TPSA) is 76.9 Å². The van der Waals surface area contributed by atoms with Gasteiger partial charge in [-0.3, -0.25) is 9.59 Å². The smallest absolute Gasteiger partial charge is 0.234 e. The number of nitrogens with zero attached hydrogens (tertiary/aromatic N) is 3. The predicted octanol–water partition coefficient (Wildman–Crippen LogP) is 4.20. The number of anilines is 1. The molecule has 4 rings (SSSR count). The number of rotatable bonds is 8. The fourth-order valence-electron chi connectivity index (χ4n) is 2.91. The van der Waals surface area contributed by atoms with E-state index in [-0.39, 0.29) is 17.4 Å². The largest absolute Gasteiger partial charge is 0.325 e. The molecule has 8 heteroatoms. The Morgan fingerprint density at radius 3 is 2.64 bits per heavy atom. The average molecular weight is 413 g/mol. The highest BCUT2D eigenvalue weighted by Crippen LogP contribution is 2.39. The van der Waals surface area contributed by atoms with Crippen LogP contribution in [0.2, 0.25) is 0 Å². The van der Waals surface area contributed by atoms with Crippen LogP contribution < -0.4 is 5.32 Å². The van der Waals surface area contributed by atoms with Crippen LogP contribution in [0.25, 0.3) is 0 Å². The maximum atomic E-state index is 12.3. The molecule has 3 aromatic rings. The number of carbonyl (C=O) groups is 2. The summed E-state index contributed by atoms with van der Waals surface area (Å²) in [6.07, 6.45) is 3.05. The van der Waals surface area contributed by atoms with Gasteiger partial charge < -0.3 is 9.88 Å². The average Bonchev–Trinajstić information content (AvgIpc) is 3.23. The third-order valence-corrected chi connectivity index (χ3v) is 6.29. The van der Waals surface area contributed by atoms with Crippen LogP contribution in [-0.4, -0.2) is 32.2 Å². The summed E-state index contributed by atoms with van der Waals surface area (Å²) in [5, 5.41) is 14.4. The molecule has 0 spiro atoms. The van der Waals surface area contributed by atoms with Crippen molar-refractivity contribution in [1.29, 1.82) is 0 Å². The molecular weight excluding hydrogens is 392 g/mol. The molecule has 1 amide bonds. The summed E-state index contributed by atoms with van der Waals surface area (Å²) in [7, 11) is 0. The molecule has 144 valence electrons. The minimum absolute atomic E-state index is 0.00574. The first-order chi connectivity index (χ1) is 13.6. The number of ketones is 1. The zero-order chi connectivity index (χ0) is 19.5. The zero-order valence-corrected chi connectivity index (χ0v) is 17.1. The second-order valence-electron chi connectivity index (χ2n) is 6.73. The number of thiophene rings is 1. The number of Topliss-reactive ketones (excluding diaryl/α,β-unsaturated/α-hetero) is 1. The molecule has 0 bridgehead atoms. The van der Waals surface area contributed by atoms with E-state index in [4.69, 9.17) is 0 Å². The highest BCUT2D eigenvalue weighted by molar-refractivity contribution is 7.99. The molecule has 2 heterocycles. The van der Waals surface area contributed by atoms with E-state index in [0.717, 1.165) is 30.2 Å². The van der Waals surface area contributed by atoms with Crippen molar-refractivity contribution < 1.29 is 9.59 Å². The number of thioether (sulfide) groups is 1. The van der Waals surface area contributed by atoms with E-state index >= 15 is 0 Å². The highest BCUT2D eigenvalue weighted by Gasteiger charge is 2.29. The number of carbonyl (C=O) groups excluding carboxylic acids is 2. The molecule has 0 atom stereocenters. The van der Waals surface area contributed by atoms with Crippen LogP contribution in [-0.2, 0) is 11.2 Å². The van der Waals surface area contributed by atoms with Crippen LogP contribution in [0, 0.1) is 0 Å². The van der Waals surface area contributed by atoms with Crippen molar-refractivity contribution in [3.05, 3.63) is 58.0 Å². The SMILES string of the molecule is CC(=O)c1ccc(NC(=O)CSc2nnc(Cc3cccs3)n2C2CC2)cc1. The molecule has 2 aromatic heterocycles. The summed E-state index contributed by atoms with van der Waals surface area (Å²) in [6.45, 7) is 1.52. The number of amides is 1. The van der Waals surface area contributed by atoms with Crippen molar-refractivity contribution in [3.8, 4) is 0 Å². The van der Waals surface area contributed by atoms with Crippen molar-refractivity contribution in [3.63, 3.8) is 0 Å². The second kappa shape index (κ2) is 8.28. The molecule has 0 saturated heterocycles. The maximum Gasteiger partial charge on any atom is 0.234 e. The van der Waals surface area contributed by atoms with E-state index in [1.165, 1.54) is 23.6 Å². The normalized spacial score (nSPS) is 13.5. The number of hydrogen-bond donors (Lipinski definition) is 1. The van der Waals surface area contributed by atoms with Crippen LogP contribution >= 0.6 is 23.1 Å². The van der Waals surface area contributed by atoms with Gasteiger partial charge in [-0.2, -0.15) is 0 Å². The van der Waals surface area contributed by atoms with E-state index in [0.29, 0.717) is 17.3 Å². The van der Waals surface area contributed by atoms with Gasteiger partial charge in [0.15, 0.2) is 10.9 Å². The third kappa shape index (κ3) is 4.51.